The molecule has 122 valence electrons. The predicted octanol–water partition coefficient (Wildman–Crippen LogP) is 2.30. The van der Waals surface area contributed by atoms with Gasteiger partial charge in [-0.25, -0.2) is 4.39 Å². The fraction of sp³-hybridized carbons (Fsp3) is 0.368. The Bertz CT molecular complexity index is 770. The molecule has 0 N–H and O–H groups in total. The van der Waals surface area contributed by atoms with Crippen molar-refractivity contribution in [3.05, 3.63) is 53.5 Å². The number of hydrogen-bond acceptors (Lipinski definition) is 4. The zero-order valence-corrected chi connectivity index (χ0v) is 13.5. The van der Waals surface area contributed by atoms with Gasteiger partial charge in [0.1, 0.15) is 11.5 Å². The van der Waals surface area contributed by atoms with Crippen molar-refractivity contribution in [1.29, 1.82) is 0 Å². The highest BCUT2D eigenvalue weighted by atomic mass is 19.1. The standard InChI is InChI=1S/C19H19FN4/c20-16-3-1-2-15(14-16)4-5-17-6-7-19(22-21-17)24-13-12-23-10-8-18(24)9-11-23/h1-3,6-7,14,18H,8-13H2. The molecule has 24 heavy (non-hydrogen) atoms. The van der Waals surface area contributed by atoms with E-state index in [1.54, 1.807) is 12.1 Å². The molecule has 3 saturated heterocycles. The molecule has 0 radical (unpaired) electrons. The lowest BCUT2D eigenvalue weighted by Crippen LogP contribution is -2.38. The average Bonchev–Trinajstić information content (AvgIpc) is 2.94. The van der Waals surface area contributed by atoms with Crippen LogP contribution in [-0.4, -0.2) is 47.3 Å². The van der Waals surface area contributed by atoms with Gasteiger partial charge in [-0.2, -0.15) is 0 Å². The highest BCUT2D eigenvalue weighted by molar-refractivity contribution is 5.44. The van der Waals surface area contributed by atoms with Crippen molar-refractivity contribution in [3.63, 3.8) is 0 Å². The molecule has 0 unspecified atom stereocenters. The summed E-state index contributed by atoms with van der Waals surface area (Å²) in [5, 5.41) is 8.60. The van der Waals surface area contributed by atoms with Gasteiger partial charge in [-0.1, -0.05) is 12.0 Å². The van der Waals surface area contributed by atoms with E-state index in [9.17, 15) is 4.39 Å². The summed E-state index contributed by atoms with van der Waals surface area (Å²) in [6, 6.07) is 10.7. The van der Waals surface area contributed by atoms with Gasteiger partial charge >= 0.3 is 0 Å². The van der Waals surface area contributed by atoms with Crippen molar-refractivity contribution < 1.29 is 4.39 Å². The molecular formula is C19H19FN4. The maximum Gasteiger partial charge on any atom is 0.151 e. The second kappa shape index (κ2) is 6.58. The van der Waals surface area contributed by atoms with E-state index in [0.29, 0.717) is 17.3 Å². The Balaban J connectivity index is 1.51. The second-order valence-electron chi connectivity index (χ2n) is 6.30. The molecule has 4 nitrogen and oxygen atoms in total. The molecule has 5 heteroatoms. The molecule has 1 aromatic carbocycles. The first-order valence-corrected chi connectivity index (χ1v) is 8.38. The predicted molar refractivity (Wildman–Crippen MR) is 91.2 cm³/mol. The number of hydrogen-bond donors (Lipinski definition) is 0. The van der Waals surface area contributed by atoms with Crippen molar-refractivity contribution in [2.45, 2.75) is 18.9 Å². The summed E-state index contributed by atoms with van der Waals surface area (Å²) >= 11 is 0. The fourth-order valence-electron chi connectivity index (χ4n) is 3.44. The first-order chi connectivity index (χ1) is 11.8. The lowest BCUT2D eigenvalue weighted by Gasteiger charge is -2.31. The Morgan fingerprint density at radius 2 is 1.83 bits per heavy atom. The molecule has 3 aliphatic rings. The van der Waals surface area contributed by atoms with E-state index in [-0.39, 0.29) is 5.82 Å². The van der Waals surface area contributed by atoms with Crippen molar-refractivity contribution >= 4 is 5.82 Å². The normalized spacial score (nSPS) is 22.6. The summed E-state index contributed by atoms with van der Waals surface area (Å²) in [5.41, 5.74) is 1.24. The molecule has 2 bridgehead atoms. The molecule has 1 aromatic heterocycles. The number of halogens is 1. The smallest absolute Gasteiger partial charge is 0.151 e. The van der Waals surface area contributed by atoms with E-state index < -0.39 is 0 Å². The molecule has 4 heterocycles. The van der Waals surface area contributed by atoms with Crippen LogP contribution in [-0.2, 0) is 0 Å². The van der Waals surface area contributed by atoms with Gasteiger partial charge in [0.15, 0.2) is 5.82 Å². The van der Waals surface area contributed by atoms with Gasteiger partial charge in [-0.15, -0.1) is 10.2 Å². The maximum atomic E-state index is 13.2. The van der Waals surface area contributed by atoms with Gasteiger partial charge in [0.05, 0.1) is 0 Å². The third kappa shape index (κ3) is 3.24. The van der Waals surface area contributed by atoms with E-state index in [0.717, 1.165) is 18.9 Å². The van der Waals surface area contributed by atoms with Crippen molar-refractivity contribution in [2.24, 2.45) is 0 Å². The van der Waals surface area contributed by atoms with E-state index in [4.69, 9.17) is 0 Å². The molecule has 3 fully saturated rings. The van der Waals surface area contributed by atoms with E-state index in [1.807, 2.05) is 12.1 Å². The van der Waals surface area contributed by atoms with Gasteiger partial charge in [0.25, 0.3) is 0 Å². The summed E-state index contributed by atoms with van der Waals surface area (Å²) in [6.07, 6.45) is 2.39. The number of nitrogens with zero attached hydrogens (tertiary/aromatic N) is 4. The summed E-state index contributed by atoms with van der Waals surface area (Å²) in [4.78, 5) is 4.90. The molecule has 0 amide bonds. The van der Waals surface area contributed by atoms with Gasteiger partial charge in [-0.3, -0.25) is 0 Å². The first kappa shape index (κ1) is 15.1. The van der Waals surface area contributed by atoms with Crippen LogP contribution in [0.4, 0.5) is 10.2 Å². The second-order valence-corrected chi connectivity index (χ2v) is 6.30. The molecule has 2 aromatic rings. The Morgan fingerprint density at radius 1 is 0.958 bits per heavy atom. The fourth-order valence-corrected chi connectivity index (χ4v) is 3.44. The zero-order chi connectivity index (χ0) is 16.4. The number of piperidine rings is 1. The van der Waals surface area contributed by atoms with Gasteiger partial charge in [0.2, 0.25) is 0 Å². The Morgan fingerprint density at radius 3 is 2.58 bits per heavy atom. The molecule has 3 aliphatic heterocycles. The number of aromatic nitrogens is 2. The van der Waals surface area contributed by atoms with Crippen molar-refractivity contribution in [3.8, 4) is 11.8 Å². The van der Waals surface area contributed by atoms with E-state index in [1.165, 1.54) is 38.1 Å². The highest BCUT2D eigenvalue weighted by Gasteiger charge is 2.29. The molecule has 0 saturated carbocycles. The summed E-state index contributed by atoms with van der Waals surface area (Å²) in [5.74, 6) is 6.52. The zero-order valence-electron chi connectivity index (χ0n) is 13.5. The first-order valence-electron chi connectivity index (χ1n) is 8.38. The third-order valence-electron chi connectivity index (χ3n) is 4.76. The van der Waals surface area contributed by atoms with Crippen LogP contribution in [0.15, 0.2) is 36.4 Å². The summed E-state index contributed by atoms with van der Waals surface area (Å²) < 4.78 is 13.2. The number of rotatable bonds is 1. The minimum atomic E-state index is -0.282. The average molecular weight is 322 g/mol. The van der Waals surface area contributed by atoms with Crippen LogP contribution in [0, 0.1) is 17.7 Å². The number of fused-ring (bicyclic) bond motifs is 4. The Kier molecular flexibility index (Phi) is 4.14. The van der Waals surface area contributed by atoms with Crippen LogP contribution in [0.1, 0.15) is 24.1 Å². The lowest BCUT2D eigenvalue weighted by molar-refractivity contribution is 0.250. The van der Waals surface area contributed by atoms with Gasteiger partial charge in [0, 0.05) is 37.8 Å². The quantitative estimate of drug-likeness (QED) is 0.754. The SMILES string of the molecule is Fc1cccc(C#Cc2ccc(N3CCN4CCC3CC4)nn2)c1. The molecule has 0 spiro atoms. The third-order valence-corrected chi connectivity index (χ3v) is 4.76. The minimum Gasteiger partial charge on any atom is -0.351 e. The van der Waals surface area contributed by atoms with Crippen molar-refractivity contribution in [1.82, 2.24) is 15.1 Å². The minimum absolute atomic E-state index is 0.282. The van der Waals surface area contributed by atoms with E-state index in [2.05, 4.69) is 31.8 Å². The summed E-state index contributed by atoms with van der Waals surface area (Å²) in [6.45, 7) is 4.48. The topological polar surface area (TPSA) is 32.3 Å². The van der Waals surface area contributed by atoms with Gasteiger partial charge in [-0.05, 0) is 49.1 Å². The van der Waals surface area contributed by atoms with Gasteiger partial charge < -0.3 is 9.80 Å². The Labute approximate surface area is 141 Å². The lowest BCUT2D eigenvalue weighted by atomic mass is 10.1. The number of benzene rings is 1. The number of anilines is 1. The molecular weight excluding hydrogens is 303 g/mol. The highest BCUT2D eigenvalue weighted by Crippen LogP contribution is 2.24. The summed E-state index contributed by atoms with van der Waals surface area (Å²) in [7, 11) is 0. The van der Waals surface area contributed by atoms with E-state index >= 15 is 0 Å². The Hall–Kier alpha value is -2.45. The molecule has 5 rings (SSSR count). The van der Waals surface area contributed by atoms with Crippen LogP contribution in [0.25, 0.3) is 0 Å². The monoisotopic (exact) mass is 322 g/mol. The van der Waals surface area contributed by atoms with Crippen LogP contribution in [0.3, 0.4) is 0 Å². The maximum absolute atomic E-state index is 13.2. The van der Waals surface area contributed by atoms with Crippen LogP contribution in [0.2, 0.25) is 0 Å². The molecule has 0 atom stereocenters. The van der Waals surface area contributed by atoms with Crippen LogP contribution >= 0.6 is 0 Å². The molecule has 0 aliphatic carbocycles. The largest absolute Gasteiger partial charge is 0.351 e. The van der Waals surface area contributed by atoms with Crippen LogP contribution < -0.4 is 4.90 Å². The van der Waals surface area contributed by atoms with Crippen molar-refractivity contribution in [2.75, 3.05) is 31.1 Å². The van der Waals surface area contributed by atoms with Crippen LogP contribution in [0.5, 0.6) is 0 Å².